The lowest BCUT2D eigenvalue weighted by Gasteiger charge is -2.32. The summed E-state index contributed by atoms with van der Waals surface area (Å²) in [6.07, 6.45) is 6.22. The molecule has 2 aliphatic rings. The first-order valence-corrected chi connectivity index (χ1v) is 8.54. The van der Waals surface area contributed by atoms with Crippen molar-refractivity contribution < 1.29 is 9.59 Å². The van der Waals surface area contributed by atoms with E-state index in [0.717, 1.165) is 17.8 Å². The number of amides is 1. The molecule has 2 bridgehead atoms. The molecule has 1 aromatic carbocycles. The van der Waals surface area contributed by atoms with Crippen LogP contribution in [0.1, 0.15) is 33.1 Å². The fourth-order valence-electron chi connectivity index (χ4n) is 4.52. The predicted molar refractivity (Wildman–Crippen MR) is 93.0 cm³/mol. The van der Waals surface area contributed by atoms with Crippen molar-refractivity contribution in [2.75, 3.05) is 5.32 Å². The maximum absolute atomic E-state index is 13.1. The molecule has 0 radical (unpaired) electrons. The Hall–Kier alpha value is -2.36. The van der Waals surface area contributed by atoms with Gasteiger partial charge in [-0.05, 0) is 49.4 Å². The molecule has 0 aliphatic heterocycles. The third-order valence-electron chi connectivity index (χ3n) is 6.02. The fourth-order valence-corrected chi connectivity index (χ4v) is 4.52. The first kappa shape index (κ1) is 15.2. The molecule has 2 aliphatic carbocycles. The monoisotopic (exact) mass is 322 g/mol. The number of nitrogens with zero attached hydrogens (tertiary/aromatic N) is 1. The molecule has 1 amide bonds. The number of carbonyl (C=O) groups excluding carboxylic acids is 2. The molecule has 1 heterocycles. The zero-order valence-electron chi connectivity index (χ0n) is 14.1. The molecular formula is C20H22N2O2. The smallest absolute Gasteiger partial charge is 0.238 e. The first-order valence-electron chi connectivity index (χ1n) is 8.54. The lowest BCUT2D eigenvalue weighted by molar-refractivity contribution is -0.142. The predicted octanol–water partition coefficient (Wildman–Crippen LogP) is 3.81. The number of carbonyl (C=O) groups is 2. The molecule has 4 heteroatoms. The number of benzene rings is 1. The van der Waals surface area contributed by atoms with E-state index in [1.54, 1.807) is 0 Å². The van der Waals surface area contributed by atoms with Gasteiger partial charge >= 0.3 is 0 Å². The van der Waals surface area contributed by atoms with E-state index < -0.39 is 5.41 Å². The van der Waals surface area contributed by atoms with Crippen molar-refractivity contribution in [1.29, 1.82) is 0 Å². The van der Waals surface area contributed by atoms with E-state index in [-0.39, 0.29) is 17.1 Å². The second-order valence-electron chi connectivity index (χ2n) is 7.63. The number of para-hydroxylation sites is 2. The lowest BCUT2D eigenvalue weighted by Crippen LogP contribution is -2.44. The van der Waals surface area contributed by atoms with Crippen molar-refractivity contribution >= 4 is 17.4 Å². The van der Waals surface area contributed by atoms with Crippen LogP contribution in [0.4, 0.5) is 5.69 Å². The van der Waals surface area contributed by atoms with E-state index in [2.05, 4.69) is 5.32 Å². The quantitative estimate of drug-likeness (QED) is 0.874. The van der Waals surface area contributed by atoms with Gasteiger partial charge in [-0.2, -0.15) is 0 Å². The van der Waals surface area contributed by atoms with Crippen LogP contribution in [-0.2, 0) is 9.59 Å². The van der Waals surface area contributed by atoms with Gasteiger partial charge in [0.05, 0.1) is 11.4 Å². The maximum atomic E-state index is 13.1. The normalized spacial score (nSPS) is 27.4. The molecule has 124 valence electrons. The van der Waals surface area contributed by atoms with Gasteiger partial charge in [0.25, 0.3) is 0 Å². The average Bonchev–Trinajstić information content (AvgIpc) is 3.27. The van der Waals surface area contributed by atoms with Crippen LogP contribution in [0, 0.1) is 16.7 Å². The number of fused-ring (bicyclic) bond motifs is 2. The van der Waals surface area contributed by atoms with Crippen molar-refractivity contribution in [2.45, 2.75) is 33.1 Å². The summed E-state index contributed by atoms with van der Waals surface area (Å²) in [5, 5.41) is 3.05. The van der Waals surface area contributed by atoms with Crippen LogP contribution in [0.3, 0.4) is 0 Å². The molecule has 2 saturated carbocycles. The summed E-state index contributed by atoms with van der Waals surface area (Å²) in [6, 6.07) is 11.6. The van der Waals surface area contributed by atoms with Gasteiger partial charge in [-0.15, -0.1) is 0 Å². The standard InChI is InChI=1S/C20H22N2O2/c1-19(2)14-9-10-20(13-14,17(19)23)18(24)21-15-7-3-4-8-16(15)22-11-5-6-12-22/h3-8,11-12,14H,9-10,13H2,1-2H3,(H,21,24). The van der Waals surface area contributed by atoms with Crippen LogP contribution in [0.25, 0.3) is 5.69 Å². The summed E-state index contributed by atoms with van der Waals surface area (Å²) in [6.45, 7) is 3.98. The zero-order chi connectivity index (χ0) is 16.9. The van der Waals surface area contributed by atoms with Crippen LogP contribution in [0.5, 0.6) is 0 Å². The van der Waals surface area contributed by atoms with E-state index in [1.807, 2.05) is 67.2 Å². The number of hydrogen-bond acceptors (Lipinski definition) is 2. The second-order valence-corrected chi connectivity index (χ2v) is 7.63. The summed E-state index contributed by atoms with van der Waals surface area (Å²) in [4.78, 5) is 26.0. The second kappa shape index (κ2) is 5.07. The largest absolute Gasteiger partial charge is 0.323 e. The summed E-state index contributed by atoms with van der Waals surface area (Å²) < 4.78 is 1.96. The molecule has 2 fully saturated rings. The van der Waals surface area contributed by atoms with Crippen molar-refractivity contribution in [1.82, 2.24) is 4.57 Å². The lowest BCUT2D eigenvalue weighted by atomic mass is 9.70. The summed E-state index contributed by atoms with van der Waals surface area (Å²) in [5.41, 5.74) is 0.438. The van der Waals surface area contributed by atoms with Crippen molar-refractivity contribution in [2.24, 2.45) is 16.7 Å². The molecule has 4 nitrogen and oxygen atoms in total. The molecule has 24 heavy (non-hydrogen) atoms. The highest BCUT2D eigenvalue weighted by molar-refractivity contribution is 6.15. The van der Waals surface area contributed by atoms with Crippen LogP contribution in [0.15, 0.2) is 48.8 Å². The summed E-state index contributed by atoms with van der Waals surface area (Å²) >= 11 is 0. The Kier molecular flexibility index (Phi) is 3.21. The number of ketones is 1. The van der Waals surface area contributed by atoms with Gasteiger partial charge in [0.2, 0.25) is 5.91 Å². The number of nitrogens with one attached hydrogen (secondary N) is 1. The Bertz CT molecular complexity index is 807. The summed E-state index contributed by atoms with van der Waals surface area (Å²) in [7, 11) is 0. The number of anilines is 1. The van der Waals surface area contributed by atoms with E-state index in [1.165, 1.54) is 0 Å². The Morgan fingerprint density at radius 3 is 2.54 bits per heavy atom. The molecule has 1 aromatic heterocycles. The Morgan fingerprint density at radius 2 is 1.88 bits per heavy atom. The van der Waals surface area contributed by atoms with Gasteiger partial charge in [-0.1, -0.05) is 26.0 Å². The number of Topliss-reactive ketones (excluding diaryl/α,β-unsaturated/α-hetero) is 1. The van der Waals surface area contributed by atoms with Gasteiger partial charge in [-0.25, -0.2) is 0 Å². The molecule has 0 spiro atoms. The molecule has 2 aromatic rings. The number of rotatable bonds is 3. The third-order valence-corrected chi connectivity index (χ3v) is 6.02. The average molecular weight is 322 g/mol. The van der Waals surface area contributed by atoms with Gasteiger partial charge < -0.3 is 9.88 Å². The molecule has 4 rings (SSSR count). The first-order chi connectivity index (χ1) is 11.4. The third kappa shape index (κ3) is 1.98. The SMILES string of the molecule is CC1(C)C(=O)C2(C(=O)Nc3ccccc3-n3cccc3)CCC1C2. The fraction of sp³-hybridized carbons (Fsp3) is 0.400. The van der Waals surface area contributed by atoms with E-state index >= 15 is 0 Å². The van der Waals surface area contributed by atoms with Gasteiger partial charge in [0.1, 0.15) is 5.41 Å². The highest BCUT2D eigenvalue weighted by atomic mass is 16.2. The van der Waals surface area contributed by atoms with Crippen molar-refractivity contribution in [3.05, 3.63) is 48.8 Å². The van der Waals surface area contributed by atoms with Crippen LogP contribution in [0.2, 0.25) is 0 Å². The minimum Gasteiger partial charge on any atom is -0.323 e. The topological polar surface area (TPSA) is 51.1 Å². The molecule has 0 saturated heterocycles. The Morgan fingerprint density at radius 1 is 1.17 bits per heavy atom. The van der Waals surface area contributed by atoms with Crippen molar-refractivity contribution in [3.8, 4) is 5.69 Å². The van der Waals surface area contributed by atoms with Gasteiger partial charge in [-0.3, -0.25) is 9.59 Å². The molecule has 1 N–H and O–H groups in total. The number of aromatic nitrogens is 1. The van der Waals surface area contributed by atoms with Crippen LogP contribution < -0.4 is 5.32 Å². The zero-order valence-corrected chi connectivity index (χ0v) is 14.1. The van der Waals surface area contributed by atoms with Gasteiger partial charge in [0.15, 0.2) is 5.78 Å². The van der Waals surface area contributed by atoms with E-state index in [9.17, 15) is 9.59 Å². The van der Waals surface area contributed by atoms with Gasteiger partial charge in [0, 0.05) is 17.8 Å². The Balaban J connectivity index is 1.66. The summed E-state index contributed by atoms with van der Waals surface area (Å²) in [5.74, 6) is 0.304. The molecule has 2 atom stereocenters. The number of hydrogen-bond donors (Lipinski definition) is 1. The highest BCUT2D eigenvalue weighted by Crippen LogP contribution is 2.60. The van der Waals surface area contributed by atoms with Crippen LogP contribution >= 0.6 is 0 Å². The van der Waals surface area contributed by atoms with Crippen LogP contribution in [-0.4, -0.2) is 16.3 Å². The molecular weight excluding hydrogens is 300 g/mol. The highest BCUT2D eigenvalue weighted by Gasteiger charge is 2.65. The minimum atomic E-state index is -0.835. The van der Waals surface area contributed by atoms with E-state index in [0.29, 0.717) is 18.8 Å². The Labute approximate surface area is 141 Å². The maximum Gasteiger partial charge on any atom is 0.238 e. The molecule has 2 unspecified atom stereocenters. The van der Waals surface area contributed by atoms with Crippen molar-refractivity contribution in [3.63, 3.8) is 0 Å². The minimum absolute atomic E-state index is 0.113. The van der Waals surface area contributed by atoms with E-state index in [4.69, 9.17) is 0 Å².